The van der Waals surface area contributed by atoms with Gasteiger partial charge < -0.3 is 4.74 Å². The molecule has 0 aliphatic carbocycles. The molecule has 0 fully saturated rings. The SMILES string of the molecule is COCC(C)c1ccc(C#N)c(C(F)(F)F)c1. The number of nitrogens with zero attached hydrogens (tertiary/aromatic N) is 1. The van der Waals surface area contributed by atoms with E-state index in [0.717, 1.165) is 6.07 Å². The van der Waals surface area contributed by atoms with Gasteiger partial charge in [-0.3, -0.25) is 0 Å². The molecule has 0 N–H and O–H groups in total. The van der Waals surface area contributed by atoms with Crippen LogP contribution in [-0.2, 0) is 10.9 Å². The van der Waals surface area contributed by atoms with Gasteiger partial charge in [-0.1, -0.05) is 13.0 Å². The molecule has 1 atom stereocenters. The van der Waals surface area contributed by atoms with E-state index in [1.54, 1.807) is 13.0 Å². The van der Waals surface area contributed by atoms with Crippen molar-refractivity contribution in [3.63, 3.8) is 0 Å². The van der Waals surface area contributed by atoms with Crippen LogP contribution in [0.2, 0.25) is 0 Å². The average molecular weight is 243 g/mol. The van der Waals surface area contributed by atoms with Gasteiger partial charge in [0.2, 0.25) is 0 Å². The Kier molecular flexibility index (Phi) is 4.13. The fourth-order valence-corrected chi connectivity index (χ4v) is 1.55. The van der Waals surface area contributed by atoms with Gasteiger partial charge in [0.15, 0.2) is 0 Å². The summed E-state index contributed by atoms with van der Waals surface area (Å²) in [5.41, 5.74) is -0.732. The predicted octanol–water partition coefficient (Wildman–Crippen LogP) is 3.33. The fourth-order valence-electron chi connectivity index (χ4n) is 1.55. The lowest BCUT2D eigenvalue weighted by Crippen LogP contribution is -2.10. The van der Waals surface area contributed by atoms with Gasteiger partial charge >= 0.3 is 6.18 Å². The minimum Gasteiger partial charge on any atom is -0.384 e. The van der Waals surface area contributed by atoms with Gasteiger partial charge in [-0.15, -0.1) is 0 Å². The molecular formula is C12H12F3NO. The van der Waals surface area contributed by atoms with Gasteiger partial charge in [0, 0.05) is 13.0 Å². The van der Waals surface area contributed by atoms with Crippen molar-refractivity contribution in [1.82, 2.24) is 0 Å². The Hall–Kier alpha value is -1.54. The molecule has 1 aromatic rings. The van der Waals surface area contributed by atoms with Crippen molar-refractivity contribution in [2.24, 2.45) is 0 Å². The number of alkyl halides is 3. The van der Waals surface area contributed by atoms with Crippen molar-refractivity contribution in [2.75, 3.05) is 13.7 Å². The molecule has 0 bridgehead atoms. The highest BCUT2D eigenvalue weighted by Gasteiger charge is 2.34. The Morgan fingerprint density at radius 1 is 1.41 bits per heavy atom. The zero-order chi connectivity index (χ0) is 13.1. The number of benzene rings is 1. The monoisotopic (exact) mass is 243 g/mol. The Labute approximate surface area is 97.6 Å². The lowest BCUT2D eigenvalue weighted by molar-refractivity contribution is -0.137. The second kappa shape index (κ2) is 5.19. The number of hydrogen-bond acceptors (Lipinski definition) is 2. The number of rotatable bonds is 3. The summed E-state index contributed by atoms with van der Waals surface area (Å²) in [5, 5.41) is 8.64. The van der Waals surface area contributed by atoms with Crippen LogP contribution in [0.5, 0.6) is 0 Å². The first kappa shape index (κ1) is 13.5. The van der Waals surface area contributed by atoms with Crippen molar-refractivity contribution in [3.05, 3.63) is 34.9 Å². The number of hydrogen-bond donors (Lipinski definition) is 0. The molecule has 92 valence electrons. The summed E-state index contributed by atoms with van der Waals surface area (Å²) in [5.74, 6) is -0.145. The highest BCUT2D eigenvalue weighted by atomic mass is 19.4. The molecule has 0 heterocycles. The van der Waals surface area contributed by atoms with Crippen LogP contribution >= 0.6 is 0 Å². The standard InChI is InChI=1S/C12H12F3NO/c1-8(7-17-2)9-3-4-10(6-16)11(5-9)12(13,14)15/h3-5,8H,7H2,1-2H3. The molecule has 1 aromatic carbocycles. The van der Waals surface area contributed by atoms with Crippen LogP contribution in [0.25, 0.3) is 0 Å². The van der Waals surface area contributed by atoms with E-state index in [-0.39, 0.29) is 11.5 Å². The largest absolute Gasteiger partial charge is 0.417 e. The first-order valence-corrected chi connectivity index (χ1v) is 5.00. The molecule has 0 radical (unpaired) electrons. The summed E-state index contributed by atoms with van der Waals surface area (Å²) in [6.07, 6.45) is -4.51. The molecule has 1 rings (SSSR count). The molecule has 17 heavy (non-hydrogen) atoms. The summed E-state index contributed by atoms with van der Waals surface area (Å²) >= 11 is 0. The summed E-state index contributed by atoms with van der Waals surface area (Å²) in [6, 6.07) is 5.29. The maximum atomic E-state index is 12.7. The second-order valence-electron chi connectivity index (χ2n) is 3.77. The number of ether oxygens (including phenoxy) is 1. The zero-order valence-electron chi connectivity index (χ0n) is 9.51. The molecule has 0 spiro atoms. The van der Waals surface area contributed by atoms with Crippen LogP contribution in [-0.4, -0.2) is 13.7 Å². The van der Waals surface area contributed by atoms with Gasteiger partial charge in [0.1, 0.15) is 0 Å². The molecule has 0 amide bonds. The summed E-state index contributed by atoms with van der Waals surface area (Å²) in [6.45, 7) is 2.11. The van der Waals surface area contributed by atoms with E-state index in [0.29, 0.717) is 12.2 Å². The third-order valence-electron chi connectivity index (χ3n) is 2.46. The molecule has 1 unspecified atom stereocenters. The van der Waals surface area contributed by atoms with Crippen LogP contribution in [0.1, 0.15) is 29.5 Å². The molecule has 2 nitrogen and oxygen atoms in total. The number of halogens is 3. The maximum absolute atomic E-state index is 12.7. The Bertz CT molecular complexity index is 434. The van der Waals surface area contributed by atoms with E-state index in [2.05, 4.69) is 0 Å². The van der Waals surface area contributed by atoms with Crippen LogP contribution in [0, 0.1) is 11.3 Å². The third kappa shape index (κ3) is 3.21. The molecule has 5 heteroatoms. The summed E-state index contributed by atoms with van der Waals surface area (Å²) in [4.78, 5) is 0. The minimum absolute atomic E-state index is 0.145. The van der Waals surface area contributed by atoms with Crippen molar-refractivity contribution < 1.29 is 17.9 Å². The normalized spacial score (nSPS) is 13.2. The lowest BCUT2D eigenvalue weighted by atomic mass is 9.96. The topological polar surface area (TPSA) is 33.0 Å². The highest BCUT2D eigenvalue weighted by molar-refractivity contribution is 5.42. The molecule has 0 aliphatic heterocycles. The van der Waals surface area contributed by atoms with Gasteiger partial charge in [-0.05, 0) is 17.7 Å². The number of methoxy groups -OCH3 is 1. The van der Waals surface area contributed by atoms with Crippen LogP contribution in [0.4, 0.5) is 13.2 Å². The Balaban J connectivity index is 3.19. The molecule has 0 aromatic heterocycles. The van der Waals surface area contributed by atoms with E-state index in [1.165, 1.54) is 19.2 Å². The predicted molar refractivity (Wildman–Crippen MR) is 56.5 cm³/mol. The average Bonchev–Trinajstić information content (AvgIpc) is 2.27. The maximum Gasteiger partial charge on any atom is 0.417 e. The lowest BCUT2D eigenvalue weighted by Gasteiger charge is -2.14. The smallest absolute Gasteiger partial charge is 0.384 e. The Morgan fingerprint density at radius 3 is 2.53 bits per heavy atom. The van der Waals surface area contributed by atoms with Crippen molar-refractivity contribution in [3.8, 4) is 6.07 Å². The van der Waals surface area contributed by atoms with E-state index < -0.39 is 11.7 Å². The van der Waals surface area contributed by atoms with E-state index >= 15 is 0 Å². The first-order valence-electron chi connectivity index (χ1n) is 5.00. The van der Waals surface area contributed by atoms with Crippen LogP contribution in [0.15, 0.2) is 18.2 Å². The van der Waals surface area contributed by atoms with Crippen LogP contribution < -0.4 is 0 Å². The first-order chi connectivity index (χ1) is 7.90. The molecule has 0 saturated heterocycles. The van der Waals surface area contributed by atoms with Crippen LogP contribution in [0.3, 0.4) is 0 Å². The second-order valence-corrected chi connectivity index (χ2v) is 3.77. The fraction of sp³-hybridized carbons (Fsp3) is 0.417. The van der Waals surface area contributed by atoms with Gasteiger partial charge in [-0.25, -0.2) is 0 Å². The summed E-state index contributed by atoms with van der Waals surface area (Å²) in [7, 11) is 1.49. The summed E-state index contributed by atoms with van der Waals surface area (Å²) < 4.78 is 42.9. The Morgan fingerprint density at radius 2 is 2.06 bits per heavy atom. The van der Waals surface area contributed by atoms with Crippen molar-refractivity contribution in [1.29, 1.82) is 5.26 Å². The third-order valence-corrected chi connectivity index (χ3v) is 2.46. The molecular weight excluding hydrogens is 231 g/mol. The van der Waals surface area contributed by atoms with Gasteiger partial charge in [-0.2, -0.15) is 18.4 Å². The zero-order valence-corrected chi connectivity index (χ0v) is 9.51. The molecule has 0 saturated carbocycles. The molecule has 0 aliphatic rings. The van der Waals surface area contributed by atoms with Crippen molar-refractivity contribution in [2.45, 2.75) is 19.0 Å². The van der Waals surface area contributed by atoms with Gasteiger partial charge in [0.05, 0.1) is 23.8 Å². The van der Waals surface area contributed by atoms with E-state index in [4.69, 9.17) is 10.00 Å². The quantitative estimate of drug-likeness (QED) is 0.815. The van der Waals surface area contributed by atoms with Gasteiger partial charge in [0.25, 0.3) is 0 Å². The highest BCUT2D eigenvalue weighted by Crippen LogP contribution is 2.33. The minimum atomic E-state index is -4.51. The van der Waals surface area contributed by atoms with Crippen molar-refractivity contribution >= 4 is 0 Å². The number of nitriles is 1. The van der Waals surface area contributed by atoms with E-state index in [9.17, 15) is 13.2 Å². The van der Waals surface area contributed by atoms with E-state index in [1.807, 2.05) is 0 Å².